The quantitative estimate of drug-likeness (QED) is 0.645. The molecular formula is C27H28FN3O2. The van der Waals surface area contributed by atoms with Crippen LogP contribution in [0.25, 0.3) is 0 Å². The van der Waals surface area contributed by atoms with Crippen molar-refractivity contribution >= 4 is 17.3 Å². The summed E-state index contributed by atoms with van der Waals surface area (Å²) in [4.78, 5) is 18.1. The average molecular weight is 446 g/mol. The van der Waals surface area contributed by atoms with Crippen LogP contribution in [-0.2, 0) is 17.8 Å². The molecule has 33 heavy (non-hydrogen) atoms. The van der Waals surface area contributed by atoms with Crippen molar-refractivity contribution in [3.05, 3.63) is 89.7 Å². The van der Waals surface area contributed by atoms with Crippen LogP contribution in [0.5, 0.6) is 5.75 Å². The van der Waals surface area contributed by atoms with Crippen LogP contribution in [0.4, 0.5) is 15.8 Å². The number of rotatable bonds is 5. The highest BCUT2D eigenvalue weighted by Crippen LogP contribution is 2.37. The van der Waals surface area contributed by atoms with Crippen molar-refractivity contribution in [1.82, 2.24) is 5.32 Å². The van der Waals surface area contributed by atoms with Crippen molar-refractivity contribution in [3.63, 3.8) is 0 Å². The van der Waals surface area contributed by atoms with Crippen molar-refractivity contribution in [2.24, 2.45) is 5.92 Å². The molecule has 0 radical (unpaired) electrons. The summed E-state index contributed by atoms with van der Waals surface area (Å²) in [5, 5.41) is 3.06. The molecule has 0 spiro atoms. The minimum atomic E-state index is -0.290. The molecule has 3 aromatic carbocycles. The number of methoxy groups -OCH3 is 1. The first-order valence-corrected chi connectivity index (χ1v) is 11.4. The van der Waals surface area contributed by atoms with Gasteiger partial charge in [0.15, 0.2) is 0 Å². The third-order valence-electron chi connectivity index (χ3n) is 6.75. The van der Waals surface area contributed by atoms with E-state index in [4.69, 9.17) is 4.74 Å². The van der Waals surface area contributed by atoms with E-state index in [1.54, 1.807) is 13.2 Å². The minimum Gasteiger partial charge on any atom is -0.497 e. The first kappa shape index (κ1) is 21.3. The number of carbonyl (C=O) groups is 1. The van der Waals surface area contributed by atoms with E-state index in [0.29, 0.717) is 13.0 Å². The molecule has 5 rings (SSSR count). The summed E-state index contributed by atoms with van der Waals surface area (Å²) in [6.07, 6.45) is 0.697. The van der Waals surface area contributed by atoms with E-state index in [9.17, 15) is 9.18 Å². The summed E-state index contributed by atoms with van der Waals surface area (Å²) < 4.78 is 18.8. The van der Waals surface area contributed by atoms with Gasteiger partial charge in [0.2, 0.25) is 5.91 Å². The Morgan fingerprint density at radius 1 is 1.06 bits per heavy atom. The Balaban J connectivity index is 1.38. The summed E-state index contributed by atoms with van der Waals surface area (Å²) >= 11 is 0. The van der Waals surface area contributed by atoms with Gasteiger partial charge in [-0.25, -0.2) is 4.39 Å². The first-order valence-electron chi connectivity index (χ1n) is 11.4. The van der Waals surface area contributed by atoms with Crippen LogP contribution in [0.3, 0.4) is 0 Å². The van der Waals surface area contributed by atoms with Gasteiger partial charge in [0, 0.05) is 37.6 Å². The molecule has 2 aliphatic rings. The van der Waals surface area contributed by atoms with Crippen LogP contribution in [0.1, 0.15) is 11.1 Å². The van der Waals surface area contributed by atoms with Gasteiger partial charge in [0.1, 0.15) is 11.6 Å². The van der Waals surface area contributed by atoms with Crippen molar-refractivity contribution in [3.8, 4) is 5.75 Å². The zero-order valence-electron chi connectivity index (χ0n) is 18.7. The molecule has 6 heteroatoms. The number of hydrogen-bond donors (Lipinski definition) is 1. The predicted molar refractivity (Wildman–Crippen MR) is 128 cm³/mol. The van der Waals surface area contributed by atoms with Crippen molar-refractivity contribution < 1.29 is 13.9 Å². The van der Waals surface area contributed by atoms with Gasteiger partial charge in [-0.15, -0.1) is 0 Å². The molecule has 2 atom stereocenters. The lowest BCUT2D eigenvalue weighted by Gasteiger charge is -2.49. The summed E-state index contributed by atoms with van der Waals surface area (Å²) in [5.74, 6) is 0.371. The normalized spacial score (nSPS) is 19.5. The van der Waals surface area contributed by atoms with Crippen LogP contribution in [-0.4, -0.2) is 38.7 Å². The number of para-hydroxylation sites is 1. The van der Waals surface area contributed by atoms with Gasteiger partial charge in [-0.1, -0.05) is 30.3 Å². The molecule has 2 heterocycles. The molecule has 1 fully saturated rings. The molecular weight excluding hydrogens is 417 g/mol. The number of ether oxygens (including phenoxy) is 1. The largest absolute Gasteiger partial charge is 0.497 e. The second-order valence-electron chi connectivity index (χ2n) is 8.69. The predicted octanol–water partition coefficient (Wildman–Crippen LogP) is 4.02. The fourth-order valence-corrected chi connectivity index (χ4v) is 5.05. The Bertz CT molecular complexity index is 1130. The lowest BCUT2D eigenvalue weighted by molar-refractivity contribution is -0.126. The second kappa shape index (κ2) is 9.14. The topological polar surface area (TPSA) is 44.8 Å². The lowest BCUT2D eigenvalue weighted by Crippen LogP contribution is -2.61. The molecule has 0 unspecified atom stereocenters. The number of nitrogens with zero attached hydrogens (tertiary/aromatic N) is 2. The molecule has 1 saturated heterocycles. The first-order chi connectivity index (χ1) is 16.1. The van der Waals surface area contributed by atoms with Crippen LogP contribution >= 0.6 is 0 Å². The maximum Gasteiger partial charge on any atom is 0.225 e. The van der Waals surface area contributed by atoms with Crippen molar-refractivity contribution in [2.75, 3.05) is 36.5 Å². The lowest BCUT2D eigenvalue weighted by atomic mass is 9.83. The third kappa shape index (κ3) is 4.38. The number of fused-ring (bicyclic) bond motifs is 3. The fourth-order valence-electron chi connectivity index (χ4n) is 5.05. The second-order valence-corrected chi connectivity index (χ2v) is 8.69. The van der Waals surface area contributed by atoms with Crippen molar-refractivity contribution in [2.45, 2.75) is 19.0 Å². The van der Waals surface area contributed by atoms with E-state index in [-0.39, 0.29) is 23.7 Å². The molecule has 1 amide bonds. The number of benzene rings is 3. The molecule has 0 aromatic heterocycles. The number of anilines is 2. The molecule has 0 aliphatic carbocycles. The number of amides is 1. The van der Waals surface area contributed by atoms with E-state index in [0.717, 1.165) is 36.6 Å². The molecule has 1 N–H and O–H groups in total. The van der Waals surface area contributed by atoms with Gasteiger partial charge in [-0.3, -0.25) is 4.79 Å². The Hall–Kier alpha value is -3.54. The monoisotopic (exact) mass is 445 g/mol. The highest BCUT2D eigenvalue weighted by atomic mass is 19.1. The molecule has 3 aromatic rings. The van der Waals surface area contributed by atoms with E-state index in [2.05, 4.69) is 45.4 Å². The fraction of sp³-hybridized carbons (Fsp3) is 0.296. The van der Waals surface area contributed by atoms with Crippen LogP contribution in [0.15, 0.2) is 72.8 Å². The zero-order chi connectivity index (χ0) is 22.8. The number of nitrogens with one attached hydrogen (secondary N) is 1. The third-order valence-corrected chi connectivity index (χ3v) is 6.75. The smallest absolute Gasteiger partial charge is 0.225 e. The van der Waals surface area contributed by atoms with Gasteiger partial charge in [-0.2, -0.15) is 0 Å². The van der Waals surface area contributed by atoms with Crippen LogP contribution in [0.2, 0.25) is 0 Å². The Morgan fingerprint density at radius 3 is 2.67 bits per heavy atom. The van der Waals surface area contributed by atoms with Crippen LogP contribution < -0.4 is 19.9 Å². The highest BCUT2D eigenvalue weighted by Gasteiger charge is 2.41. The van der Waals surface area contributed by atoms with E-state index < -0.39 is 0 Å². The van der Waals surface area contributed by atoms with Gasteiger partial charge in [0.05, 0.1) is 19.1 Å². The molecule has 5 nitrogen and oxygen atoms in total. The van der Waals surface area contributed by atoms with Gasteiger partial charge >= 0.3 is 0 Å². The van der Waals surface area contributed by atoms with Crippen molar-refractivity contribution in [1.29, 1.82) is 0 Å². The summed E-state index contributed by atoms with van der Waals surface area (Å²) in [6, 6.07) is 22.9. The molecule has 0 bridgehead atoms. The Labute approximate surface area is 193 Å². The maximum absolute atomic E-state index is 13.6. The average Bonchev–Trinajstić information content (AvgIpc) is 2.86. The summed E-state index contributed by atoms with van der Waals surface area (Å²) in [5.41, 5.74) is 4.33. The number of halogens is 1. The number of carbonyl (C=O) groups excluding carboxylic acids is 1. The number of hydrogen-bond acceptors (Lipinski definition) is 4. The molecule has 170 valence electrons. The summed E-state index contributed by atoms with van der Waals surface area (Å²) in [6.45, 7) is 2.82. The van der Waals surface area contributed by atoms with E-state index in [1.807, 2.05) is 24.3 Å². The maximum atomic E-state index is 13.6. The van der Waals surface area contributed by atoms with Gasteiger partial charge in [-0.05, 0) is 60.0 Å². The van der Waals surface area contributed by atoms with E-state index >= 15 is 0 Å². The summed E-state index contributed by atoms with van der Waals surface area (Å²) in [7, 11) is 1.67. The SMILES string of the molecule is COc1ccc(N2CCN3c4ccccc4C[C@H](C(=O)NCc4cccc(F)c4)[C@H]3C2)cc1. The Kier molecular flexibility index (Phi) is 5.90. The Morgan fingerprint density at radius 2 is 1.88 bits per heavy atom. The molecule has 0 saturated carbocycles. The molecule has 2 aliphatic heterocycles. The highest BCUT2D eigenvalue weighted by molar-refractivity contribution is 5.82. The standard InChI is InChI=1S/C27H28FN3O2/c1-33-23-11-9-22(10-12-23)30-13-14-31-25-8-3-2-6-20(25)16-24(26(31)18-30)27(32)29-17-19-5-4-7-21(28)15-19/h2-12,15,24,26H,13-14,16-18H2,1H3,(H,29,32)/t24-,26+/m0/s1. The zero-order valence-corrected chi connectivity index (χ0v) is 18.7. The van der Waals surface area contributed by atoms with Gasteiger partial charge in [0.25, 0.3) is 0 Å². The van der Waals surface area contributed by atoms with E-state index in [1.165, 1.54) is 23.4 Å². The van der Waals surface area contributed by atoms with Gasteiger partial charge < -0.3 is 19.9 Å². The number of piperazine rings is 1. The minimum absolute atomic E-state index is 0.0142. The van der Waals surface area contributed by atoms with Crippen LogP contribution in [0, 0.1) is 11.7 Å².